The summed E-state index contributed by atoms with van der Waals surface area (Å²) < 4.78 is 7.78. The Hall–Kier alpha value is -4.38. The Morgan fingerprint density at radius 2 is 1.71 bits per heavy atom. The van der Waals surface area contributed by atoms with Crippen molar-refractivity contribution in [2.45, 2.75) is 26.8 Å². The van der Waals surface area contributed by atoms with Gasteiger partial charge in [0.25, 0.3) is 0 Å². The van der Waals surface area contributed by atoms with Crippen molar-refractivity contribution < 1.29 is 9.53 Å². The lowest BCUT2D eigenvalue weighted by Gasteiger charge is -2.10. The van der Waals surface area contributed by atoms with E-state index in [1.54, 1.807) is 6.07 Å². The SMILES string of the molecule is CCc1ccc(C(=O)Oc2cccc(-c3nc4c(C)cccn4c3NCc3ccccc3)c2)cc1. The van der Waals surface area contributed by atoms with E-state index < -0.39 is 0 Å². The van der Waals surface area contributed by atoms with Crippen LogP contribution in [-0.4, -0.2) is 15.4 Å². The highest BCUT2D eigenvalue weighted by Crippen LogP contribution is 2.32. The van der Waals surface area contributed by atoms with Gasteiger partial charge in [-0.15, -0.1) is 0 Å². The Balaban J connectivity index is 1.47. The van der Waals surface area contributed by atoms with E-state index in [-0.39, 0.29) is 5.97 Å². The molecule has 0 amide bonds. The van der Waals surface area contributed by atoms with Gasteiger partial charge < -0.3 is 10.1 Å². The third kappa shape index (κ3) is 4.80. The maximum Gasteiger partial charge on any atom is 0.343 e. The summed E-state index contributed by atoms with van der Waals surface area (Å²) in [4.78, 5) is 17.7. The van der Waals surface area contributed by atoms with Gasteiger partial charge in [-0.2, -0.15) is 0 Å². The van der Waals surface area contributed by atoms with Crippen molar-refractivity contribution in [3.63, 3.8) is 0 Å². The van der Waals surface area contributed by atoms with Crippen LogP contribution in [0.4, 0.5) is 5.82 Å². The molecule has 0 aliphatic carbocycles. The summed E-state index contributed by atoms with van der Waals surface area (Å²) in [6.07, 6.45) is 2.94. The molecule has 0 aliphatic rings. The fourth-order valence-electron chi connectivity index (χ4n) is 4.11. The van der Waals surface area contributed by atoms with Gasteiger partial charge in [-0.1, -0.05) is 67.6 Å². The number of fused-ring (bicyclic) bond motifs is 1. The molecule has 0 saturated carbocycles. The molecule has 5 aromatic rings. The largest absolute Gasteiger partial charge is 0.423 e. The highest BCUT2D eigenvalue weighted by molar-refractivity contribution is 5.91. The summed E-state index contributed by atoms with van der Waals surface area (Å²) in [5.74, 6) is 0.999. The monoisotopic (exact) mass is 461 g/mol. The Labute approximate surface area is 205 Å². The minimum Gasteiger partial charge on any atom is -0.423 e. The molecule has 0 radical (unpaired) electrons. The van der Waals surface area contributed by atoms with E-state index in [9.17, 15) is 4.79 Å². The first-order valence-corrected chi connectivity index (χ1v) is 11.8. The van der Waals surface area contributed by atoms with Crippen LogP contribution in [0.3, 0.4) is 0 Å². The first-order chi connectivity index (χ1) is 17.1. The van der Waals surface area contributed by atoms with Crippen LogP contribution in [-0.2, 0) is 13.0 Å². The number of hydrogen-bond acceptors (Lipinski definition) is 4. The molecule has 0 unspecified atom stereocenters. The van der Waals surface area contributed by atoms with Gasteiger partial charge in [-0.25, -0.2) is 9.78 Å². The number of carbonyl (C=O) groups excluding carboxylic acids is 1. The number of aromatic nitrogens is 2. The number of esters is 1. The van der Waals surface area contributed by atoms with Crippen molar-refractivity contribution in [2.75, 3.05) is 5.32 Å². The standard InChI is InChI=1S/C30H27N3O2/c1-3-22-14-16-24(17-15-22)30(34)35-26-13-7-12-25(19-26)27-29(31-20-23-10-5-4-6-11-23)33-18-8-9-21(2)28(33)32-27/h4-19,31H,3,20H2,1-2H3. The Kier molecular flexibility index (Phi) is 6.31. The molecule has 174 valence electrons. The first-order valence-electron chi connectivity index (χ1n) is 11.8. The topological polar surface area (TPSA) is 55.6 Å². The molecule has 35 heavy (non-hydrogen) atoms. The predicted octanol–water partition coefficient (Wildman–Crippen LogP) is 6.70. The summed E-state index contributed by atoms with van der Waals surface area (Å²) in [5.41, 5.74) is 6.53. The molecule has 0 fully saturated rings. The minimum atomic E-state index is -0.377. The summed E-state index contributed by atoms with van der Waals surface area (Å²) in [6.45, 7) is 4.80. The second-order valence-electron chi connectivity index (χ2n) is 8.50. The second-order valence-corrected chi connectivity index (χ2v) is 8.50. The maximum atomic E-state index is 12.7. The third-order valence-electron chi connectivity index (χ3n) is 6.06. The van der Waals surface area contributed by atoms with Crippen LogP contribution in [0.25, 0.3) is 16.9 Å². The quantitative estimate of drug-likeness (QED) is 0.216. The zero-order valence-corrected chi connectivity index (χ0v) is 19.9. The fraction of sp³-hybridized carbons (Fsp3) is 0.133. The summed E-state index contributed by atoms with van der Waals surface area (Å²) >= 11 is 0. The highest BCUT2D eigenvalue weighted by Gasteiger charge is 2.17. The summed E-state index contributed by atoms with van der Waals surface area (Å²) in [5, 5.41) is 3.57. The number of aryl methyl sites for hydroxylation is 2. The average Bonchev–Trinajstić information content (AvgIpc) is 3.28. The van der Waals surface area contributed by atoms with Crippen LogP contribution >= 0.6 is 0 Å². The summed E-state index contributed by atoms with van der Waals surface area (Å²) in [7, 11) is 0. The first kappa shape index (κ1) is 22.4. The number of imidazole rings is 1. The minimum absolute atomic E-state index is 0.377. The molecule has 5 rings (SSSR count). The van der Waals surface area contributed by atoms with Gasteiger partial charge in [0, 0.05) is 18.3 Å². The highest BCUT2D eigenvalue weighted by atomic mass is 16.5. The predicted molar refractivity (Wildman–Crippen MR) is 140 cm³/mol. The Morgan fingerprint density at radius 3 is 2.49 bits per heavy atom. The van der Waals surface area contributed by atoms with Gasteiger partial charge in [-0.3, -0.25) is 4.40 Å². The van der Waals surface area contributed by atoms with E-state index in [0.29, 0.717) is 17.9 Å². The smallest absolute Gasteiger partial charge is 0.343 e. The molecule has 0 atom stereocenters. The molecule has 0 spiro atoms. The summed E-state index contributed by atoms with van der Waals surface area (Å²) in [6, 6.07) is 29.4. The molecule has 0 aliphatic heterocycles. The number of nitrogens with zero attached hydrogens (tertiary/aromatic N) is 2. The van der Waals surface area contributed by atoms with Gasteiger partial charge in [0.1, 0.15) is 22.9 Å². The van der Waals surface area contributed by atoms with E-state index in [2.05, 4.69) is 41.8 Å². The number of ether oxygens (including phenoxy) is 1. The van der Waals surface area contributed by atoms with Crippen molar-refractivity contribution in [3.05, 3.63) is 119 Å². The van der Waals surface area contributed by atoms with Gasteiger partial charge in [-0.05, 0) is 60.4 Å². The number of benzene rings is 3. The molecule has 2 aromatic heterocycles. The van der Waals surface area contributed by atoms with E-state index >= 15 is 0 Å². The van der Waals surface area contributed by atoms with E-state index in [1.165, 1.54) is 11.1 Å². The zero-order valence-electron chi connectivity index (χ0n) is 19.9. The van der Waals surface area contributed by atoms with Crippen LogP contribution in [0.1, 0.15) is 34.0 Å². The lowest BCUT2D eigenvalue weighted by Crippen LogP contribution is -2.08. The lowest BCUT2D eigenvalue weighted by atomic mass is 10.1. The van der Waals surface area contributed by atoms with Crippen LogP contribution in [0.2, 0.25) is 0 Å². The van der Waals surface area contributed by atoms with E-state index in [4.69, 9.17) is 9.72 Å². The van der Waals surface area contributed by atoms with Crippen molar-refractivity contribution in [3.8, 4) is 17.0 Å². The maximum absolute atomic E-state index is 12.7. The van der Waals surface area contributed by atoms with Crippen molar-refractivity contribution in [1.29, 1.82) is 0 Å². The average molecular weight is 462 g/mol. The molecular formula is C30H27N3O2. The van der Waals surface area contributed by atoms with Gasteiger partial charge in [0.15, 0.2) is 0 Å². The van der Waals surface area contributed by atoms with Crippen LogP contribution in [0.5, 0.6) is 5.75 Å². The van der Waals surface area contributed by atoms with Crippen LogP contribution < -0.4 is 10.1 Å². The number of carbonyl (C=O) groups is 1. The number of rotatable bonds is 7. The number of anilines is 1. The van der Waals surface area contributed by atoms with Crippen LogP contribution in [0.15, 0.2) is 97.2 Å². The number of pyridine rings is 1. The number of nitrogens with one attached hydrogen (secondary N) is 1. The zero-order chi connectivity index (χ0) is 24.2. The Bertz CT molecular complexity index is 1470. The molecule has 0 bridgehead atoms. The second kappa shape index (κ2) is 9.85. The molecule has 5 heteroatoms. The normalized spacial score (nSPS) is 10.9. The van der Waals surface area contributed by atoms with Gasteiger partial charge >= 0.3 is 5.97 Å². The molecular weight excluding hydrogens is 434 g/mol. The van der Waals surface area contributed by atoms with E-state index in [0.717, 1.165) is 34.7 Å². The molecule has 0 saturated heterocycles. The molecule has 1 N–H and O–H groups in total. The lowest BCUT2D eigenvalue weighted by molar-refractivity contribution is 0.0735. The van der Waals surface area contributed by atoms with Crippen LogP contribution in [0, 0.1) is 6.92 Å². The third-order valence-corrected chi connectivity index (χ3v) is 6.06. The van der Waals surface area contributed by atoms with Gasteiger partial charge in [0.2, 0.25) is 0 Å². The van der Waals surface area contributed by atoms with E-state index in [1.807, 2.05) is 72.9 Å². The van der Waals surface area contributed by atoms with Gasteiger partial charge in [0.05, 0.1) is 5.56 Å². The van der Waals surface area contributed by atoms with Crippen molar-refractivity contribution in [1.82, 2.24) is 9.38 Å². The number of hydrogen-bond donors (Lipinski definition) is 1. The molecule has 2 heterocycles. The van der Waals surface area contributed by atoms with Crippen molar-refractivity contribution in [2.24, 2.45) is 0 Å². The van der Waals surface area contributed by atoms with Crippen molar-refractivity contribution >= 4 is 17.4 Å². The Morgan fingerprint density at radius 1 is 0.914 bits per heavy atom. The molecule has 3 aromatic carbocycles. The fourth-order valence-corrected chi connectivity index (χ4v) is 4.11. The molecule has 5 nitrogen and oxygen atoms in total.